The third kappa shape index (κ3) is 1.94. The predicted molar refractivity (Wildman–Crippen MR) is 79.8 cm³/mol. The molecule has 3 rings (SSSR count). The van der Waals surface area contributed by atoms with Crippen molar-refractivity contribution in [2.75, 3.05) is 0 Å². The second-order valence-corrected chi connectivity index (χ2v) is 6.12. The average Bonchev–Trinajstić information content (AvgIpc) is 2.52. The fourth-order valence-electron chi connectivity index (χ4n) is 2.67. The van der Waals surface area contributed by atoms with E-state index in [1.807, 2.05) is 0 Å². The number of thioether (sulfide) groups is 1. The van der Waals surface area contributed by atoms with Crippen molar-refractivity contribution in [1.82, 2.24) is 0 Å². The van der Waals surface area contributed by atoms with Gasteiger partial charge in [-0.3, -0.25) is 35.1 Å². The zero-order valence-electron chi connectivity index (χ0n) is 11.7. The molecule has 0 saturated heterocycles. The van der Waals surface area contributed by atoms with Gasteiger partial charge < -0.3 is 0 Å². The molecule has 0 N–H and O–H groups in total. The fourth-order valence-corrected chi connectivity index (χ4v) is 3.78. The lowest BCUT2D eigenvalue weighted by atomic mass is 9.86. The number of carbonyl (C=O) groups excluding carboxylic acids is 1. The van der Waals surface area contributed by atoms with E-state index in [9.17, 15) is 35.1 Å². The number of rotatable bonds is 3. The van der Waals surface area contributed by atoms with Gasteiger partial charge in [0, 0.05) is 27.9 Å². The highest BCUT2D eigenvalue weighted by molar-refractivity contribution is 8.03. The van der Waals surface area contributed by atoms with Gasteiger partial charge in [-0.2, -0.15) is 0 Å². The molecule has 1 aromatic rings. The molecule has 0 aromatic heterocycles. The maximum absolute atomic E-state index is 12.6. The van der Waals surface area contributed by atoms with Gasteiger partial charge in [0.2, 0.25) is 0 Å². The Bertz CT molecular complexity index is 875. The Morgan fingerprint density at radius 1 is 1.04 bits per heavy atom. The van der Waals surface area contributed by atoms with Crippen LogP contribution in [0.1, 0.15) is 5.56 Å². The second-order valence-electron chi connectivity index (χ2n) is 5.03. The third-order valence-electron chi connectivity index (χ3n) is 3.80. The highest BCUT2D eigenvalue weighted by Crippen LogP contribution is 2.45. The minimum atomic E-state index is -3.62. The van der Waals surface area contributed by atoms with Gasteiger partial charge in [0.05, 0.1) is 4.92 Å². The zero-order valence-corrected chi connectivity index (χ0v) is 12.5. The number of nitrogens with zero attached hydrogens (tertiary/aromatic N) is 3. The van der Waals surface area contributed by atoms with Crippen LogP contribution in [0.15, 0.2) is 51.4 Å². The van der Waals surface area contributed by atoms with E-state index in [1.165, 1.54) is 0 Å². The number of Topliss-reactive ketones (excluding diaryl/α,β-unsaturated/α-hetero) is 1. The maximum Gasteiger partial charge on any atom is 0.608 e. The van der Waals surface area contributed by atoms with Crippen LogP contribution >= 0.6 is 11.8 Å². The van der Waals surface area contributed by atoms with Gasteiger partial charge in [-0.15, -0.1) is 0 Å². The number of nitro groups is 3. The Hall–Kier alpha value is -3.08. The van der Waals surface area contributed by atoms with Gasteiger partial charge >= 0.3 is 17.1 Å². The van der Waals surface area contributed by atoms with E-state index in [2.05, 4.69) is 0 Å². The lowest BCUT2D eigenvalue weighted by Crippen LogP contribution is -2.58. The average molecular weight is 349 g/mol. The molecule has 10 nitrogen and oxygen atoms in total. The molecule has 1 heterocycles. The van der Waals surface area contributed by atoms with Crippen LogP contribution in [0, 0.1) is 30.3 Å². The van der Waals surface area contributed by atoms with Crippen molar-refractivity contribution < 1.29 is 19.6 Å². The van der Waals surface area contributed by atoms with Crippen LogP contribution in [0.25, 0.3) is 0 Å². The van der Waals surface area contributed by atoms with E-state index < -0.39 is 31.9 Å². The molecule has 1 aromatic carbocycles. The number of carbonyl (C=O) groups is 1. The molecule has 1 aliphatic carbocycles. The number of hydrogen-bond donors (Lipinski definition) is 0. The maximum atomic E-state index is 12.6. The van der Waals surface area contributed by atoms with Crippen molar-refractivity contribution in [3.8, 4) is 0 Å². The van der Waals surface area contributed by atoms with Crippen molar-refractivity contribution in [2.45, 2.75) is 17.0 Å². The number of ketones is 1. The van der Waals surface area contributed by atoms with Gasteiger partial charge in [-0.05, 0) is 11.6 Å². The molecule has 0 amide bonds. The summed E-state index contributed by atoms with van der Waals surface area (Å²) >= 11 is 1.02. The first-order valence-electron chi connectivity index (χ1n) is 6.49. The van der Waals surface area contributed by atoms with Crippen molar-refractivity contribution in [3.05, 3.63) is 82.4 Å². The van der Waals surface area contributed by atoms with E-state index >= 15 is 0 Å². The number of allylic oxidation sites excluding steroid dienone is 1. The predicted octanol–water partition coefficient (Wildman–Crippen LogP) is 1.58. The molecule has 0 fully saturated rings. The highest BCUT2D eigenvalue weighted by Gasteiger charge is 2.76. The Balaban J connectivity index is 2.24. The van der Waals surface area contributed by atoms with E-state index in [-0.39, 0.29) is 16.9 Å². The van der Waals surface area contributed by atoms with Gasteiger partial charge in [0.15, 0.2) is 0 Å². The van der Waals surface area contributed by atoms with E-state index in [0.29, 0.717) is 5.56 Å². The van der Waals surface area contributed by atoms with Crippen molar-refractivity contribution in [2.24, 2.45) is 0 Å². The van der Waals surface area contributed by atoms with Crippen LogP contribution in [-0.4, -0.2) is 26.2 Å². The highest BCUT2D eigenvalue weighted by atomic mass is 32.2. The van der Waals surface area contributed by atoms with Crippen molar-refractivity contribution in [3.63, 3.8) is 0 Å². The summed E-state index contributed by atoms with van der Waals surface area (Å²) in [5, 5.41) is 33.9. The molecule has 122 valence electrons. The first-order valence-corrected chi connectivity index (χ1v) is 7.31. The Morgan fingerprint density at radius 2 is 1.67 bits per heavy atom. The molecule has 1 aliphatic heterocycles. The Kier molecular flexibility index (Phi) is 3.44. The topological polar surface area (TPSA) is 146 Å². The summed E-state index contributed by atoms with van der Waals surface area (Å²) < 4.78 is 0. The molecule has 0 unspecified atom stereocenters. The molecule has 0 atom stereocenters. The summed E-state index contributed by atoms with van der Waals surface area (Å²) in [5.41, 5.74) is -4.45. The zero-order chi connectivity index (χ0) is 17.6. The summed E-state index contributed by atoms with van der Waals surface area (Å²) in [5.74, 6) is -1.47. The molecular formula is C13H7N3O7S. The molecule has 11 heteroatoms. The number of benzene rings is 1. The van der Waals surface area contributed by atoms with E-state index in [4.69, 9.17) is 0 Å². The third-order valence-corrected chi connectivity index (χ3v) is 5.00. The SMILES string of the molecule is O=C1C2=C(C=C([N+](=O)[O-])C1([N+](=O)[O-])[N+](=O)[O-])Sc1ccccc1C2. The lowest BCUT2D eigenvalue weighted by Gasteiger charge is -2.24. The molecule has 0 bridgehead atoms. The summed E-state index contributed by atoms with van der Waals surface area (Å²) in [7, 11) is 0. The van der Waals surface area contributed by atoms with Crippen LogP contribution in [-0.2, 0) is 11.2 Å². The van der Waals surface area contributed by atoms with E-state index in [0.717, 1.165) is 22.7 Å². The van der Waals surface area contributed by atoms with Crippen LogP contribution in [0.3, 0.4) is 0 Å². The summed E-state index contributed by atoms with van der Waals surface area (Å²) in [6.45, 7) is 0. The summed E-state index contributed by atoms with van der Waals surface area (Å²) in [6.07, 6.45) is 0.713. The monoisotopic (exact) mass is 349 g/mol. The summed E-state index contributed by atoms with van der Waals surface area (Å²) in [4.78, 5) is 43.1. The lowest BCUT2D eigenvalue weighted by molar-refractivity contribution is -0.781. The molecule has 0 radical (unpaired) electrons. The van der Waals surface area contributed by atoms with Crippen LogP contribution in [0.5, 0.6) is 0 Å². The number of hydrogen-bond acceptors (Lipinski definition) is 8. The Morgan fingerprint density at radius 3 is 2.25 bits per heavy atom. The minimum Gasteiger partial charge on any atom is -0.277 e. The van der Waals surface area contributed by atoms with Crippen LogP contribution in [0.2, 0.25) is 0 Å². The smallest absolute Gasteiger partial charge is 0.277 e. The van der Waals surface area contributed by atoms with Gasteiger partial charge in [-0.25, -0.2) is 0 Å². The first kappa shape index (κ1) is 15.8. The standard InChI is InChI=1S/C13H7N3O7S/c17-12-8-5-7-3-1-2-4-9(7)24-10(8)6-11(14(18)19)13(12,15(20)21)16(22)23/h1-4,6H,5H2. The number of fused-ring (bicyclic) bond motifs is 1. The van der Waals surface area contributed by atoms with E-state index in [1.54, 1.807) is 24.3 Å². The van der Waals surface area contributed by atoms with Crippen LogP contribution in [0.4, 0.5) is 0 Å². The molecule has 2 aliphatic rings. The second kappa shape index (κ2) is 5.23. The molecule has 0 spiro atoms. The quantitative estimate of drug-likeness (QED) is 0.454. The summed E-state index contributed by atoms with van der Waals surface area (Å²) in [6, 6.07) is 6.85. The van der Waals surface area contributed by atoms with Gasteiger partial charge in [0.1, 0.15) is 9.85 Å². The van der Waals surface area contributed by atoms with Gasteiger partial charge in [-0.1, -0.05) is 30.0 Å². The van der Waals surface area contributed by atoms with Crippen molar-refractivity contribution in [1.29, 1.82) is 0 Å². The van der Waals surface area contributed by atoms with Gasteiger partial charge in [0.25, 0.3) is 0 Å². The first-order chi connectivity index (χ1) is 11.3. The fraction of sp³-hybridized carbons (Fsp3) is 0.154. The van der Waals surface area contributed by atoms with Crippen LogP contribution < -0.4 is 0 Å². The largest absolute Gasteiger partial charge is 0.608 e. The normalized spacial score (nSPS) is 18.3. The minimum absolute atomic E-state index is 0.0533. The molecule has 24 heavy (non-hydrogen) atoms. The molecular weight excluding hydrogens is 342 g/mol. The Labute approximate surface area is 137 Å². The van der Waals surface area contributed by atoms with Crippen molar-refractivity contribution >= 4 is 17.5 Å². The molecule has 0 saturated carbocycles.